The number of allylic oxidation sites excluding steroid dienone is 5. The van der Waals surface area contributed by atoms with Crippen molar-refractivity contribution in [1.29, 1.82) is 0 Å². The maximum absolute atomic E-state index is 11.9. The summed E-state index contributed by atoms with van der Waals surface area (Å²) >= 11 is 0. The number of nitrogens with zero attached hydrogens (tertiary/aromatic N) is 1. The lowest BCUT2D eigenvalue weighted by molar-refractivity contribution is 0.0486. The topological polar surface area (TPSA) is 55.0 Å². The van der Waals surface area contributed by atoms with E-state index in [0.717, 1.165) is 24.1 Å². The minimum absolute atomic E-state index is 0.237. The van der Waals surface area contributed by atoms with Crippen LogP contribution >= 0.6 is 0 Å². The molecule has 4 nitrogen and oxygen atoms in total. The van der Waals surface area contributed by atoms with Crippen LogP contribution in [0.5, 0.6) is 0 Å². The number of H-pyrrole nitrogens is 1. The fourth-order valence-electron chi connectivity index (χ4n) is 3.40. The van der Waals surface area contributed by atoms with Crippen LogP contribution in [-0.4, -0.2) is 22.5 Å². The molecule has 142 valence electrons. The molecule has 0 aliphatic heterocycles. The van der Waals surface area contributed by atoms with Crippen LogP contribution in [0.4, 0.5) is 0 Å². The lowest BCUT2D eigenvalue weighted by atomic mass is 9.72. The van der Waals surface area contributed by atoms with Gasteiger partial charge in [0.25, 0.3) is 0 Å². The molecule has 2 rings (SSSR count). The number of carbonyl (C=O) groups is 1. The molecular weight excluding hydrogens is 324 g/mol. The highest BCUT2D eigenvalue weighted by atomic mass is 16.5. The van der Waals surface area contributed by atoms with E-state index in [1.807, 2.05) is 6.08 Å². The fraction of sp³-hybridized carbons (Fsp3) is 0.545. The number of hydrogen-bond acceptors (Lipinski definition) is 3. The van der Waals surface area contributed by atoms with E-state index in [2.05, 4.69) is 56.7 Å². The zero-order valence-electron chi connectivity index (χ0n) is 16.8. The maximum atomic E-state index is 11.9. The van der Waals surface area contributed by atoms with Gasteiger partial charge < -0.3 is 9.72 Å². The van der Waals surface area contributed by atoms with E-state index in [4.69, 9.17) is 4.74 Å². The van der Waals surface area contributed by atoms with Gasteiger partial charge in [-0.3, -0.25) is 0 Å². The molecule has 0 amide bonds. The average molecular weight is 357 g/mol. The number of rotatable bonds is 7. The molecule has 4 heteroatoms. The number of unbranched alkanes of at least 4 members (excludes halogenated alkanes) is 1. The quantitative estimate of drug-likeness (QED) is 0.378. The zero-order chi connectivity index (χ0) is 19.2. The van der Waals surface area contributed by atoms with E-state index < -0.39 is 5.97 Å². The number of hydrogen-bond donors (Lipinski definition) is 1. The van der Waals surface area contributed by atoms with Crippen molar-refractivity contribution in [2.75, 3.05) is 6.61 Å². The van der Waals surface area contributed by atoms with Gasteiger partial charge in [-0.1, -0.05) is 44.9 Å². The summed E-state index contributed by atoms with van der Waals surface area (Å²) in [5, 5.41) is 0. The molecule has 1 aromatic rings. The normalized spacial score (nSPS) is 17.8. The van der Waals surface area contributed by atoms with Gasteiger partial charge in [-0.05, 0) is 62.2 Å². The molecular formula is C22H32N2O2. The van der Waals surface area contributed by atoms with E-state index in [1.54, 1.807) is 6.20 Å². The van der Waals surface area contributed by atoms with Crippen LogP contribution in [0.25, 0.3) is 6.08 Å². The van der Waals surface area contributed by atoms with Gasteiger partial charge >= 0.3 is 5.97 Å². The zero-order valence-corrected chi connectivity index (χ0v) is 16.8. The molecule has 1 aromatic heterocycles. The van der Waals surface area contributed by atoms with Gasteiger partial charge in [-0.15, -0.1) is 0 Å². The summed E-state index contributed by atoms with van der Waals surface area (Å²) in [5.74, 6) is -0.132. The van der Waals surface area contributed by atoms with E-state index in [1.165, 1.54) is 30.4 Å². The van der Waals surface area contributed by atoms with Gasteiger partial charge in [0.1, 0.15) is 0 Å². The number of imidazole rings is 1. The number of nitrogens with one attached hydrogen (secondary N) is 1. The SMILES string of the molecule is CCCCOC(=O)c1nc(C=C(C)C=CC2=C(C)CCCC2(C)C)c[nH]1. The number of aromatic amines is 1. The van der Waals surface area contributed by atoms with Crippen molar-refractivity contribution in [3.63, 3.8) is 0 Å². The molecule has 0 atom stereocenters. The minimum Gasteiger partial charge on any atom is -0.460 e. The van der Waals surface area contributed by atoms with Crippen molar-refractivity contribution < 1.29 is 9.53 Å². The summed E-state index contributed by atoms with van der Waals surface area (Å²) in [6.07, 6.45) is 13.7. The van der Waals surface area contributed by atoms with Gasteiger partial charge in [0, 0.05) is 6.20 Å². The van der Waals surface area contributed by atoms with Crippen molar-refractivity contribution in [1.82, 2.24) is 9.97 Å². The molecule has 26 heavy (non-hydrogen) atoms. The van der Waals surface area contributed by atoms with E-state index in [0.29, 0.717) is 6.61 Å². The summed E-state index contributed by atoms with van der Waals surface area (Å²) in [6.45, 7) is 11.4. The third kappa shape index (κ3) is 5.45. The van der Waals surface area contributed by atoms with Crippen LogP contribution in [0.2, 0.25) is 0 Å². The van der Waals surface area contributed by atoms with E-state index >= 15 is 0 Å². The highest BCUT2D eigenvalue weighted by Crippen LogP contribution is 2.40. The Morgan fingerprint density at radius 1 is 1.42 bits per heavy atom. The van der Waals surface area contributed by atoms with Crippen LogP contribution in [-0.2, 0) is 4.74 Å². The number of esters is 1. The molecule has 0 unspecified atom stereocenters. The molecule has 1 aliphatic rings. The molecule has 0 spiro atoms. The standard InChI is InChI=1S/C22H32N2O2/c1-6-7-13-26-21(25)20-23-15-18(24-20)14-16(2)10-11-19-17(3)9-8-12-22(19,4)5/h10-11,14-15H,6-9,12-13H2,1-5H3,(H,23,24). The van der Waals surface area contributed by atoms with Gasteiger partial charge in [0.2, 0.25) is 5.82 Å². The van der Waals surface area contributed by atoms with Crippen molar-refractivity contribution in [3.05, 3.63) is 46.6 Å². The first-order valence-electron chi connectivity index (χ1n) is 9.62. The fourth-order valence-corrected chi connectivity index (χ4v) is 3.40. The van der Waals surface area contributed by atoms with Crippen molar-refractivity contribution in [2.45, 2.75) is 66.7 Å². The maximum Gasteiger partial charge on any atom is 0.374 e. The molecule has 0 saturated heterocycles. The predicted molar refractivity (Wildman–Crippen MR) is 107 cm³/mol. The van der Waals surface area contributed by atoms with Crippen molar-refractivity contribution in [2.24, 2.45) is 5.41 Å². The Kier molecular flexibility index (Phi) is 7.01. The van der Waals surface area contributed by atoms with Crippen LogP contribution in [0.1, 0.15) is 83.0 Å². The highest BCUT2D eigenvalue weighted by Gasteiger charge is 2.26. The van der Waals surface area contributed by atoms with Gasteiger partial charge in [-0.2, -0.15) is 0 Å². The molecule has 1 aliphatic carbocycles. The lowest BCUT2D eigenvalue weighted by Crippen LogP contribution is -2.19. The first-order chi connectivity index (χ1) is 12.3. The smallest absolute Gasteiger partial charge is 0.374 e. The Balaban J connectivity index is 2.05. The van der Waals surface area contributed by atoms with Crippen LogP contribution in [0, 0.1) is 5.41 Å². The monoisotopic (exact) mass is 356 g/mol. The summed E-state index contributed by atoms with van der Waals surface area (Å²) < 4.78 is 5.17. The summed E-state index contributed by atoms with van der Waals surface area (Å²) in [5.41, 5.74) is 5.01. The summed E-state index contributed by atoms with van der Waals surface area (Å²) in [6, 6.07) is 0. The predicted octanol–water partition coefficient (Wildman–Crippen LogP) is 5.85. The van der Waals surface area contributed by atoms with Crippen molar-refractivity contribution in [3.8, 4) is 0 Å². The highest BCUT2D eigenvalue weighted by molar-refractivity contribution is 5.85. The first-order valence-corrected chi connectivity index (χ1v) is 9.62. The Hall–Kier alpha value is -2.10. The first kappa shape index (κ1) is 20.2. The minimum atomic E-state index is -0.393. The third-order valence-electron chi connectivity index (χ3n) is 4.95. The van der Waals surface area contributed by atoms with Gasteiger partial charge in [-0.25, -0.2) is 9.78 Å². The molecule has 0 fully saturated rings. The van der Waals surface area contributed by atoms with Crippen molar-refractivity contribution >= 4 is 12.0 Å². The van der Waals surface area contributed by atoms with Crippen LogP contribution < -0.4 is 0 Å². The number of aromatic nitrogens is 2. The van der Waals surface area contributed by atoms with Crippen LogP contribution in [0.3, 0.4) is 0 Å². The molecule has 0 aromatic carbocycles. The number of carbonyl (C=O) groups excluding carboxylic acids is 1. The second-order valence-electron chi connectivity index (χ2n) is 7.82. The molecule has 0 radical (unpaired) electrons. The lowest BCUT2D eigenvalue weighted by Gasteiger charge is -2.32. The largest absolute Gasteiger partial charge is 0.460 e. The van der Waals surface area contributed by atoms with Gasteiger partial charge in [0.15, 0.2) is 0 Å². The summed E-state index contributed by atoms with van der Waals surface area (Å²) in [4.78, 5) is 19.1. The third-order valence-corrected chi connectivity index (χ3v) is 4.95. The Labute approximate surface area is 157 Å². The van der Waals surface area contributed by atoms with Crippen LogP contribution in [0.15, 0.2) is 35.1 Å². The molecule has 0 bridgehead atoms. The van der Waals surface area contributed by atoms with E-state index in [9.17, 15) is 4.79 Å². The summed E-state index contributed by atoms with van der Waals surface area (Å²) in [7, 11) is 0. The van der Waals surface area contributed by atoms with E-state index in [-0.39, 0.29) is 11.2 Å². The molecule has 1 N–H and O–H groups in total. The molecule has 0 saturated carbocycles. The Bertz CT molecular complexity index is 720. The average Bonchev–Trinajstić information content (AvgIpc) is 3.02. The number of ether oxygens (including phenoxy) is 1. The Morgan fingerprint density at radius 3 is 2.88 bits per heavy atom. The second kappa shape index (κ2) is 9.02. The second-order valence-corrected chi connectivity index (χ2v) is 7.82. The van der Waals surface area contributed by atoms with Gasteiger partial charge in [0.05, 0.1) is 12.3 Å². The Morgan fingerprint density at radius 2 is 2.19 bits per heavy atom. The molecule has 1 heterocycles.